The summed E-state index contributed by atoms with van der Waals surface area (Å²) in [5, 5.41) is 0. The second-order valence-corrected chi connectivity index (χ2v) is 7.88. The van der Waals surface area contributed by atoms with Crippen LogP contribution in [0, 0.1) is 0 Å². The largest absolute Gasteiger partial charge is 0.543 e. The SMILES string of the molecule is CCC(C)(C)OOC(C)(C)OOC(=O)OC(C)(C)OOC(C)(C)CC. The zero-order chi connectivity index (χ0) is 19.9. The minimum atomic E-state index is -1.36. The molecule has 0 radical (unpaired) electrons. The molecule has 0 aromatic heterocycles. The lowest BCUT2D eigenvalue weighted by Crippen LogP contribution is -2.38. The zero-order valence-corrected chi connectivity index (χ0v) is 17.2. The zero-order valence-electron chi connectivity index (χ0n) is 17.2. The normalized spacial score (nSPS) is 13.7. The molecule has 0 aromatic rings. The molecule has 0 aromatic carbocycles. The Morgan fingerprint density at radius 2 is 1.04 bits per heavy atom. The second kappa shape index (κ2) is 9.14. The highest BCUT2D eigenvalue weighted by atomic mass is 17.3. The van der Waals surface area contributed by atoms with Gasteiger partial charge in [0.1, 0.15) is 0 Å². The maximum Gasteiger partial charge on any atom is 0.543 e. The van der Waals surface area contributed by atoms with E-state index < -0.39 is 28.9 Å². The predicted octanol–water partition coefficient (Wildman–Crippen LogP) is 4.82. The Kier molecular flexibility index (Phi) is 8.80. The van der Waals surface area contributed by atoms with Crippen LogP contribution in [0.4, 0.5) is 4.79 Å². The monoisotopic (exact) mass is 366 g/mol. The molecule has 0 aliphatic rings. The fraction of sp³-hybridized carbons (Fsp3) is 0.941. The van der Waals surface area contributed by atoms with Gasteiger partial charge in [-0.05, 0) is 54.4 Å². The minimum absolute atomic E-state index is 0.500. The van der Waals surface area contributed by atoms with E-state index in [0.29, 0.717) is 0 Å². The molecule has 0 N–H and O–H groups in total. The quantitative estimate of drug-likeness (QED) is 0.223. The van der Waals surface area contributed by atoms with E-state index in [-0.39, 0.29) is 0 Å². The molecule has 0 saturated carbocycles. The van der Waals surface area contributed by atoms with Crippen molar-refractivity contribution >= 4 is 6.16 Å². The van der Waals surface area contributed by atoms with Crippen LogP contribution >= 0.6 is 0 Å². The van der Waals surface area contributed by atoms with E-state index in [0.717, 1.165) is 12.8 Å². The van der Waals surface area contributed by atoms with Crippen LogP contribution in [-0.4, -0.2) is 28.9 Å². The lowest BCUT2D eigenvalue weighted by molar-refractivity contribution is -0.510. The summed E-state index contributed by atoms with van der Waals surface area (Å²) in [6.07, 6.45) is 0.344. The third kappa shape index (κ3) is 11.3. The topological polar surface area (TPSA) is 81.7 Å². The molecule has 8 nitrogen and oxygen atoms in total. The number of hydrogen-bond donors (Lipinski definition) is 0. The van der Waals surface area contributed by atoms with Crippen molar-refractivity contribution in [3.05, 3.63) is 0 Å². The van der Waals surface area contributed by atoms with E-state index in [1.54, 1.807) is 0 Å². The third-order valence-electron chi connectivity index (χ3n) is 3.28. The molecule has 0 fully saturated rings. The van der Waals surface area contributed by atoms with Gasteiger partial charge in [0.15, 0.2) is 0 Å². The fourth-order valence-corrected chi connectivity index (χ4v) is 0.927. The molecule has 0 saturated heterocycles. The molecule has 0 aliphatic carbocycles. The molecular formula is C17H34O8. The highest BCUT2D eigenvalue weighted by molar-refractivity contribution is 5.59. The van der Waals surface area contributed by atoms with Crippen molar-refractivity contribution in [1.29, 1.82) is 0 Å². The summed E-state index contributed by atoms with van der Waals surface area (Å²) in [6.45, 7) is 17.4. The van der Waals surface area contributed by atoms with Crippen molar-refractivity contribution in [3.63, 3.8) is 0 Å². The van der Waals surface area contributed by atoms with Crippen LogP contribution < -0.4 is 0 Å². The number of carbonyl (C=O) groups is 1. The summed E-state index contributed by atoms with van der Waals surface area (Å²) in [5.41, 5.74) is -1.01. The molecule has 150 valence electrons. The summed E-state index contributed by atoms with van der Waals surface area (Å²) < 4.78 is 5.01. The molecular weight excluding hydrogens is 332 g/mol. The second-order valence-electron chi connectivity index (χ2n) is 7.88. The summed E-state index contributed by atoms with van der Waals surface area (Å²) >= 11 is 0. The van der Waals surface area contributed by atoms with Crippen molar-refractivity contribution in [2.75, 3.05) is 0 Å². The standard InChI is InChI=1S/C17H34O8/c1-11-14(3,4)21-24-16(7,8)19-13(18)20-23-17(9,10)25-22-15(5,6)12-2/h11-12H2,1-10H3. The van der Waals surface area contributed by atoms with Crippen LogP contribution in [0.5, 0.6) is 0 Å². The lowest BCUT2D eigenvalue weighted by atomic mass is 10.1. The molecule has 0 heterocycles. The van der Waals surface area contributed by atoms with Crippen molar-refractivity contribution < 1.29 is 38.9 Å². The van der Waals surface area contributed by atoms with E-state index >= 15 is 0 Å². The Balaban J connectivity index is 4.36. The van der Waals surface area contributed by atoms with Gasteiger partial charge in [0.05, 0.1) is 11.2 Å². The van der Waals surface area contributed by atoms with Crippen molar-refractivity contribution in [2.24, 2.45) is 0 Å². The maximum atomic E-state index is 11.8. The third-order valence-corrected chi connectivity index (χ3v) is 3.28. The van der Waals surface area contributed by atoms with E-state index in [9.17, 15) is 4.79 Å². The van der Waals surface area contributed by atoms with Gasteiger partial charge < -0.3 is 4.74 Å². The number of carbonyl (C=O) groups excluding carboxylic acids is 1. The Bertz CT molecular complexity index is 415. The number of hydrogen-bond acceptors (Lipinski definition) is 8. The first-order chi connectivity index (χ1) is 11.1. The molecule has 8 heteroatoms. The first-order valence-electron chi connectivity index (χ1n) is 8.46. The summed E-state index contributed by atoms with van der Waals surface area (Å²) in [4.78, 5) is 42.1. The van der Waals surface area contributed by atoms with Crippen molar-refractivity contribution in [3.8, 4) is 0 Å². The molecule has 0 unspecified atom stereocenters. The van der Waals surface area contributed by atoms with Crippen LogP contribution in [0.1, 0.15) is 82.1 Å². The van der Waals surface area contributed by atoms with Gasteiger partial charge in [-0.15, -0.1) is 4.89 Å². The molecule has 0 aliphatic heterocycles. The van der Waals surface area contributed by atoms with Gasteiger partial charge in [-0.2, -0.15) is 9.78 Å². The average molecular weight is 366 g/mol. The molecule has 25 heavy (non-hydrogen) atoms. The van der Waals surface area contributed by atoms with Crippen LogP contribution in [0.25, 0.3) is 0 Å². The van der Waals surface area contributed by atoms with Gasteiger partial charge in [0, 0.05) is 13.8 Å². The van der Waals surface area contributed by atoms with Gasteiger partial charge in [-0.3, -0.25) is 4.89 Å². The van der Waals surface area contributed by atoms with Crippen molar-refractivity contribution in [1.82, 2.24) is 0 Å². The maximum absolute atomic E-state index is 11.8. The van der Waals surface area contributed by atoms with Gasteiger partial charge in [-0.1, -0.05) is 13.8 Å². The summed E-state index contributed by atoms with van der Waals surface area (Å²) in [7, 11) is 0. The van der Waals surface area contributed by atoms with Crippen LogP contribution in [-0.2, 0) is 34.1 Å². The number of ether oxygens (including phenoxy) is 1. The van der Waals surface area contributed by atoms with Crippen LogP contribution in [0.2, 0.25) is 0 Å². The number of rotatable bonds is 11. The van der Waals surface area contributed by atoms with Crippen LogP contribution in [0.15, 0.2) is 0 Å². The summed E-state index contributed by atoms with van der Waals surface area (Å²) in [6, 6.07) is 0. The van der Waals surface area contributed by atoms with Crippen molar-refractivity contribution in [2.45, 2.75) is 105 Å². The molecule has 0 atom stereocenters. The molecule has 0 amide bonds. The van der Waals surface area contributed by atoms with E-state index in [4.69, 9.17) is 29.2 Å². The average Bonchev–Trinajstić information content (AvgIpc) is 2.49. The molecule has 0 spiro atoms. The van der Waals surface area contributed by atoms with Gasteiger partial charge in [-0.25, -0.2) is 14.6 Å². The van der Waals surface area contributed by atoms with Gasteiger partial charge >= 0.3 is 6.16 Å². The predicted molar refractivity (Wildman–Crippen MR) is 89.9 cm³/mol. The smallest absolute Gasteiger partial charge is 0.398 e. The van der Waals surface area contributed by atoms with Gasteiger partial charge in [0.25, 0.3) is 0 Å². The lowest BCUT2D eigenvalue weighted by Gasteiger charge is -2.30. The van der Waals surface area contributed by atoms with Gasteiger partial charge in [0.2, 0.25) is 11.6 Å². The first kappa shape index (κ1) is 24.1. The van der Waals surface area contributed by atoms with E-state index in [2.05, 4.69) is 4.89 Å². The van der Waals surface area contributed by atoms with Crippen LogP contribution in [0.3, 0.4) is 0 Å². The fourth-order valence-electron chi connectivity index (χ4n) is 0.927. The Morgan fingerprint density at radius 3 is 1.44 bits per heavy atom. The van der Waals surface area contributed by atoms with E-state index in [1.807, 2.05) is 41.5 Å². The van der Waals surface area contributed by atoms with E-state index in [1.165, 1.54) is 27.7 Å². The first-order valence-corrected chi connectivity index (χ1v) is 8.46. The minimum Gasteiger partial charge on any atom is -0.398 e. The highest BCUT2D eigenvalue weighted by Crippen LogP contribution is 2.23. The Hall–Kier alpha value is -0.930. The summed E-state index contributed by atoms with van der Waals surface area (Å²) in [5.74, 6) is -2.68. The molecule has 0 bridgehead atoms. The Morgan fingerprint density at radius 1 is 0.640 bits per heavy atom. The highest BCUT2D eigenvalue weighted by Gasteiger charge is 2.33. The Labute approximate surface area is 150 Å². The molecule has 0 rings (SSSR count).